The standard InChI is InChI=1S/C29H45BrN4O6/c1-6-9-31(5)26(36)22-23-27(37)34(21(18-35)19(4)8-3)25(29(23)17-20(30)24(22)40-29)28(38)33(10-7-2)12-11-32-13-15-39-16-14-32/h6-7,19-25,35H,1-2,8-18H2,3-5H3/t19-,20?,21-,22-,23-,24-,25?,29?/m0/s1. The van der Waals surface area contributed by atoms with E-state index in [-0.39, 0.29) is 35.1 Å². The molecule has 224 valence electrons. The lowest BCUT2D eigenvalue weighted by Crippen LogP contribution is -2.60. The first kappa shape index (κ1) is 31.2. The van der Waals surface area contributed by atoms with Crippen LogP contribution in [0, 0.1) is 17.8 Å². The second-order valence-corrected chi connectivity index (χ2v) is 12.8. The van der Waals surface area contributed by atoms with E-state index >= 15 is 0 Å². The molecule has 0 aromatic rings. The fourth-order valence-corrected chi connectivity index (χ4v) is 7.99. The van der Waals surface area contributed by atoms with Gasteiger partial charge in [0.1, 0.15) is 11.6 Å². The Labute approximate surface area is 246 Å². The molecule has 3 unspecified atom stereocenters. The quantitative estimate of drug-likeness (QED) is 0.242. The minimum Gasteiger partial charge on any atom is -0.394 e. The van der Waals surface area contributed by atoms with Crippen LogP contribution in [-0.2, 0) is 23.9 Å². The number of nitrogens with zero attached hydrogens (tertiary/aromatic N) is 4. The fraction of sp³-hybridized carbons (Fsp3) is 0.759. The number of morpholine rings is 1. The third kappa shape index (κ3) is 5.40. The highest BCUT2D eigenvalue weighted by Crippen LogP contribution is 2.61. The number of alkyl halides is 1. The van der Waals surface area contributed by atoms with Crippen molar-refractivity contribution >= 4 is 33.7 Å². The molecule has 0 radical (unpaired) electrons. The van der Waals surface area contributed by atoms with Crippen molar-refractivity contribution in [2.45, 2.75) is 55.3 Å². The number of aliphatic hydroxyl groups excluding tert-OH is 1. The Balaban J connectivity index is 1.74. The predicted molar refractivity (Wildman–Crippen MR) is 155 cm³/mol. The smallest absolute Gasteiger partial charge is 0.248 e. The van der Waals surface area contributed by atoms with Gasteiger partial charge in [-0.15, -0.1) is 13.2 Å². The Kier molecular flexibility index (Phi) is 10.1. The van der Waals surface area contributed by atoms with Gasteiger partial charge < -0.3 is 29.3 Å². The average Bonchev–Trinajstić information content (AvgIpc) is 3.54. The van der Waals surface area contributed by atoms with Gasteiger partial charge in [-0.3, -0.25) is 19.3 Å². The van der Waals surface area contributed by atoms with Crippen LogP contribution in [0.4, 0.5) is 0 Å². The summed E-state index contributed by atoms with van der Waals surface area (Å²) in [6, 6.07) is -1.53. The number of carbonyl (C=O) groups is 3. The number of amides is 3. The number of halogens is 1. The van der Waals surface area contributed by atoms with Crippen molar-refractivity contribution in [3.8, 4) is 0 Å². The van der Waals surface area contributed by atoms with Gasteiger partial charge in [-0.25, -0.2) is 0 Å². The van der Waals surface area contributed by atoms with E-state index in [1.807, 2.05) is 13.8 Å². The minimum absolute atomic E-state index is 0.0600. The summed E-state index contributed by atoms with van der Waals surface area (Å²) in [4.78, 5) is 49.7. The Morgan fingerprint density at radius 3 is 2.50 bits per heavy atom. The summed E-state index contributed by atoms with van der Waals surface area (Å²) in [6.45, 7) is 16.1. The van der Waals surface area contributed by atoms with Crippen molar-refractivity contribution < 1.29 is 29.0 Å². The van der Waals surface area contributed by atoms with E-state index in [4.69, 9.17) is 9.47 Å². The molecule has 40 heavy (non-hydrogen) atoms. The average molecular weight is 626 g/mol. The van der Waals surface area contributed by atoms with E-state index < -0.39 is 35.6 Å². The van der Waals surface area contributed by atoms with Crippen LogP contribution in [0.2, 0.25) is 0 Å². The monoisotopic (exact) mass is 624 g/mol. The van der Waals surface area contributed by atoms with Crippen molar-refractivity contribution in [1.82, 2.24) is 19.6 Å². The lowest BCUT2D eigenvalue weighted by molar-refractivity contribution is -0.153. The molecule has 3 amide bonds. The predicted octanol–water partition coefficient (Wildman–Crippen LogP) is 1.13. The first-order valence-electron chi connectivity index (χ1n) is 14.5. The Morgan fingerprint density at radius 1 is 1.23 bits per heavy atom. The van der Waals surface area contributed by atoms with Crippen molar-refractivity contribution in [1.29, 1.82) is 0 Å². The van der Waals surface area contributed by atoms with Gasteiger partial charge in [-0.2, -0.15) is 0 Å². The number of hydrogen-bond acceptors (Lipinski definition) is 7. The van der Waals surface area contributed by atoms with Crippen molar-refractivity contribution in [3.63, 3.8) is 0 Å². The number of hydrogen-bond donors (Lipinski definition) is 1. The number of aliphatic hydroxyl groups is 1. The number of fused-ring (bicyclic) bond motifs is 1. The molecule has 4 saturated heterocycles. The molecule has 1 N–H and O–H groups in total. The normalized spacial score (nSPS) is 33.0. The van der Waals surface area contributed by atoms with E-state index in [1.54, 1.807) is 33.9 Å². The highest BCUT2D eigenvalue weighted by atomic mass is 79.9. The molecule has 10 nitrogen and oxygen atoms in total. The summed E-state index contributed by atoms with van der Waals surface area (Å²) in [5, 5.41) is 10.5. The molecule has 2 bridgehead atoms. The number of ether oxygens (including phenoxy) is 2. The van der Waals surface area contributed by atoms with Gasteiger partial charge in [-0.1, -0.05) is 48.4 Å². The molecule has 0 saturated carbocycles. The molecule has 1 spiro atoms. The highest BCUT2D eigenvalue weighted by molar-refractivity contribution is 9.09. The van der Waals surface area contributed by atoms with E-state index in [0.717, 1.165) is 19.5 Å². The zero-order valence-electron chi connectivity index (χ0n) is 24.0. The molecule has 4 rings (SSSR count). The van der Waals surface area contributed by atoms with Gasteiger partial charge >= 0.3 is 0 Å². The van der Waals surface area contributed by atoms with Crippen LogP contribution in [0.3, 0.4) is 0 Å². The van der Waals surface area contributed by atoms with E-state index in [2.05, 4.69) is 34.0 Å². The zero-order valence-corrected chi connectivity index (χ0v) is 25.6. The first-order valence-corrected chi connectivity index (χ1v) is 15.4. The van der Waals surface area contributed by atoms with Crippen molar-refractivity contribution in [2.75, 3.05) is 66.1 Å². The number of carbonyl (C=O) groups excluding carboxylic acids is 3. The van der Waals surface area contributed by atoms with Crippen LogP contribution in [0.1, 0.15) is 26.7 Å². The topological polar surface area (TPSA) is 103 Å². The van der Waals surface area contributed by atoms with Gasteiger partial charge in [0.15, 0.2) is 0 Å². The number of rotatable bonds is 13. The molecule has 4 aliphatic heterocycles. The second-order valence-electron chi connectivity index (χ2n) is 11.6. The molecule has 4 heterocycles. The second kappa shape index (κ2) is 13.0. The first-order chi connectivity index (χ1) is 19.2. The van der Waals surface area contributed by atoms with Crippen LogP contribution in [0.25, 0.3) is 0 Å². The largest absolute Gasteiger partial charge is 0.394 e. The van der Waals surface area contributed by atoms with Crippen LogP contribution < -0.4 is 0 Å². The van der Waals surface area contributed by atoms with Crippen LogP contribution in [-0.4, -0.2) is 137 Å². The van der Waals surface area contributed by atoms with Gasteiger partial charge in [0, 0.05) is 51.1 Å². The molecule has 11 heteroatoms. The summed E-state index contributed by atoms with van der Waals surface area (Å²) >= 11 is 3.73. The third-order valence-electron chi connectivity index (χ3n) is 9.32. The summed E-state index contributed by atoms with van der Waals surface area (Å²) in [5.41, 5.74) is -1.17. The summed E-state index contributed by atoms with van der Waals surface area (Å²) in [6.07, 6.45) is 3.97. The van der Waals surface area contributed by atoms with Crippen LogP contribution in [0.15, 0.2) is 25.3 Å². The van der Waals surface area contributed by atoms with Crippen LogP contribution >= 0.6 is 15.9 Å². The highest BCUT2D eigenvalue weighted by Gasteiger charge is 2.77. The maximum absolute atomic E-state index is 14.6. The van der Waals surface area contributed by atoms with Gasteiger partial charge in [-0.05, 0) is 12.3 Å². The lowest BCUT2D eigenvalue weighted by Gasteiger charge is -2.41. The molecule has 4 fully saturated rings. The Hall–Kier alpha value is -1.79. The van der Waals surface area contributed by atoms with Gasteiger partial charge in [0.05, 0.1) is 43.8 Å². The maximum atomic E-state index is 14.6. The molecule has 0 aromatic heterocycles. The Bertz CT molecular complexity index is 976. The van der Waals surface area contributed by atoms with Crippen molar-refractivity contribution in [3.05, 3.63) is 25.3 Å². The Morgan fingerprint density at radius 2 is 1.90 bits per heavy atom. The summed E-state index contributed by atoms with van der Waals surface area (Å²) < 4.78 is 12.1. The third-order valence-corrected chi connectivity index (χ3v) is 10.2. The number of likely N-dealkylation sites (tertiary alicyclic amines) is 1. The molecular formula is C29H45BrN4O6. The van der Waals surface area contributed by atoms with Crippen molar-refractivity contribution in [2.24, 2.45) is 17.8 Å². The minimum atomic E-state index is -1.17. The zero-order chi connectivity index (χ0) is 29.2. The summed E-state index contributed by atoms with van der Waals surface area (Å²) in [5.74, 6) is -2.29. The fourth-order valence-electron chi connectivity index (χ4n) is 7.05. The SMILES string of the molecule is C=CCN(C)C(=O)[C@H]1[C@H]2C(=O)N([C@@H](CO)[C@@H](C)CC)C(C(=O)N(CC=C)CCN3CCOCC3)C23CC(Br)[C@@H]1O3. The lowest BCUT2D eigenvalue weighted by atomic mass is 9.70. The van der Waals surface area contributed by atoms with E-state index in [0.29, 0.717) is 45.8 Å². The van der Waals surface area contributed by atoms with Gasteiger partial charge in [0.2, 0.25) is 17.7 Å². The molecule has 0 aliphatic carbocycles. The van der Waals surface area contributed by atoms with Gasteiger partial charge in [0.25, 0.3) is 0 Å². The molecule has 8 atom stereocenters. The van der Waals surface area contributed by atoms with Crippen LogP contribution in [0.5, 0.6) is 0 Å². The molecule has 0 aromatic carbocycles. The van der Waals surface area contributed by atoms with E-state index in [9.17, 15) is 19.5 Å². The van der Waals surface area contributed by atoms with E-state index in [1.165, 1.54) is 0 Å². The molecule has 4 aliphatic rings. The maximum Gasteiger partial charge on any atom is 0.248 e. The molecular weight excluding hydrogens is 580 g/mol. The summed E-state index contributed by atoms with van der Waals surface area (Å²) in [7, 11) is 1.69. The number of likely N-dealkylation sites (N-methyl/N-ethyl adjacent to an activating group) is 1.